The molecule has 0 bridgehead atoms. The van der Waals surface area contributed by atoms with E-state index in [0.717, 1.165) is 12.8 Å². The van der Waals surface area contributed by atoms with Crippen LogP contribution in [-0.4, -0.2) is 34.5 Å². The lowest BCUT2D eigenvalue weighted by Crippen LogP contribution is -2.50. The second-order valence-electron chi connectivity index (χ2n) is 7.69. The van der Waals surface area contributed by atoms with E-state index in [1.54, 1.807) is 23.1 Å². The largest absolute Gasteiger partial charge is 0.359 e. The molecule has 2 aromatic rings. The molecule has 6 nitrogen and oxygen atoms in total. The van der Waals surface area contributed by atoms with Gasteiger partial charge in [0.2, 0.25) is 5.91 Å². The number of nitrogens with one attached hydrogen (secondary N) is 1. The Labute approximate surface area is 153 Å². The summed E-state index contributed by atoms with van der Waals surface area (Å²) < 4.78 is 5.32. The molecule has 1 aliphatic heterocycles. The Kier molecular flexibility index (Phi) is 5.11. The molecule has 1 N–H and O–H groups in total. The summed E-state index contributed by atoms with van der Waals surface area (Å²) in [6, 6.07) is 10.3. The fourth-order valence-electron chi connectivity index (χ4n) is 3.09. The number of rotatable bonds is 3. The summed E-state index contributed by atoms with van der Waals surface area (Å²) in [6.45, 7) is 6.62. The van der Waals surface area contributed by atoms with E-state index < -0.39 is 6.04 Å². The van der Waals surface area contributed by atoms with Crippen LogP contribution in [0.3, 0.4) is 0 Å². The van der Waals surface area contributed by atoms with Gasteiger partial charge in [0.15, 0.2) is 5.82 Å². The lowest BCUT2D eigenvalue weighted by molar-refractivity contribution is -0.121. The van der Waals surface area contributed by atoms with Gasteiger partial charge in [0.25, 0.3) is 5.91 Å². The Morgan fingerprint density at radius 1 is 1.19 bits per heavy atom. The topological polar surface area (TPSA) is 75.4 Å². The minimum atomic E-state index is -0.494. The molecule has 2 heterocycles. The summed E-state index contributed by atoms with van der Waals surface area (Å²) in [4.78, 5) is 27.3. The van der Waals surface area contributed by atoms with Crippen molar-refractivity contribution >= 4 is 17.6 Å². The normalized spacial score (nSPS) is 17.8. The maximum absolute atomic E-state index is 12.8. The van der Waals surface area contributed by atoms with E-state index in [-0.39, 0.29) is 17.2 Å². The summed E-state index contributed by atoms with van der Waals surface area (Å²) in [7, 11) is 0. The SMILES string of the molecule is CC(C)(C)c1cc(NC(=O)C2CCCCN2C(=O)c2ccccc2)no1. The zero-order valence-electron chi connectivity index (χ0n) is 15.5. The van der Waals surface area contributed by atoms with Gasteiger partial charge < -0.3 is 14.7 Å². The van der Waals surface area contributed by atoms with Crippen molar-refractivity contribution in [3.8, 4) is 0 Å². The van der Waals surface area contributed by atoms with Gasteiger partial charge in [-0.3, -0.25) is 9.59 Å². The highest BCUT2D eigenvalue weighted by molar-refractivity contribution is 6.01. The van der Waals surface area contributed by atoms with Crippen molar-refractivity contribution in [2.75, 3.05) is 11.9 Å². The molecular formula is C20H25N3O3. The molecule has 1 unspecified atom stereocenters. The zero-order chi connectivity index (χ0) is 18.7. The standard InChI is InChI=1S/C20H25N3O3/c1-20(2,3)16-13-17(22-26-16)21-18(24)15-11-7-8-12-23(15)19(25)14-9-5-4-6-10-14/h4-6,9-10,13,15H,7-8,11-12H2,1-3H3,(H,21,22,24). The smallest absolute Gasteiger partial charge is 0.254 e. The molecule has 6 heteroatoms. The highest BCUT2D eigenvalue weighted by atomic mass is 16.5. The number of carbonyl (C=O) groups is 2. The third-order valence-electron chi connectivity index (χ3n) is 4.59. The average Bonchev–Trinajstić information content (AvgIpc) is 3.11. The molecule has 1 atom stereocenters. The van der Waals surface area contributed by atoms with Crippen LogP contribution in [0.15, 0.2) is 40.9 Å². The summed E-state index contributed by atoms with van der Waals surface area (Å²) in [6.07, 6.45) is 2.47. The number of likely N-dealkylation sites (tertiary alicyclic amines) is 1. The third kappa shape index (κ3) is 3.95. The Morgan fingerprint density at radius 3 is 2.58 bits per heavy atom. The van der Waals surface area contributed by atoms with E-state index in [1.165, 1.54) is 0 Å². The van der Waals surface area contributed by atoms with Crippen LogP contribution in [0, 0.1) is 0 Å². The highest BCUT2D eigenvalue weighted by Crippen LogP contribution is 2.25. The summed E-state index contributed by atoms with van der Waals surface area (Å²) in [5, 5.41) is 6.74. The van der Waals surface area contributed by atoms with Crippen molar-refractivity contribution in [2.24, 2.45) is 0 Å². The van der Waals surface area contributed by atoms with Crippen LogP contribution in [0.25, 0.3) is 0 Å². The lowest BCUT2D eigenvalue weighted by atomic mass is 9.93. The molecule has 1 fully saturated rings. The molecule has 1 aliphatic rings. The van der Waals surface area contributed by atoms with E-state index in [9.17, 15) is 9.59 Å². The van der Waals surface area contributed by atoms with Gasteiger partial charge in [0.05, 0.1) is 0 Å². The lowest BCUT2D eigenvalue weighted by Gasteiger charge is -2.34. The second-order valence-corrected chi connectivity index (χ2v) is 7.69. The maximum atomic E-state index is 12.8. The predicted octanol–water partition coefficient (Wildman–Crippen LogP) is 3.61. The van der Waals surface area contributed by atoms with Crippen molar-refractivity contribution in [3.05, 3.63) is 47.7 Å². The van der Waals surface area contributed by atoms with Crippen molar-refractivity contribution < 1.29 is 14.1 Å². The van der Waals surface area contributed by atoms with Crippen molar-refractivity contribution in [1.29, 1.82) is 0 Å². The second kappa shape index (κ2) is 7.32. The predicted molar refractivity (Wildman–Crippen MR) is 99.0 cm³/mol. The first kappa shape index (κ1) is 18.2. The van der Waals surface area contributed by atoms with E-state index in [1.807, 2.05) is 39.0 Å². The van der Waals surface area contributed by atoms with Gasteiger partial charge in [-0.1, -0.05) is 44.1 Å². The first-order valence-corrected chi connectivity index (χ1v) is 9.00. The van der Waals surface area contributed by atoms with E-state index in [2.05, 4.69) is 10.5 Å². The molecule has 0 radical (unpaired) electrons. The molecule has 1 aromatic heterocycles. The quantitative estimate of drug-likeness (QED) is 0.913. The summed E-state index contributed by atoms with van der Waals surface area (Å²) >= 11 is 0. The van der Waals surface area contributed by atoms with Gasteiger partial charge in [-0.05, 0) is 31.4 Å². The fourth-order valence-corrected chi connectivity index (χ4v) is 3.09. The van der Waals surface area contributed by atoms with Crippen molar-refractivity contribution in [3.63, 3.8) is 0 Å². The number of carbonyl (C=O) groups excluding carboxylic acids is 2. The molecule has 3 rings (SSSR count). The van der Waals surface area contributed by atoms with Gasteiger partial charge in [-0.25, -0.2) is 0 Å². The third-order valence-corrected chi connectivity index (χ3v) is 4.59. The van der Waals surface area contributed by atoms with Crippen molar-refractivity contribution in [2.45, 2.75) is 51.5 Å². The molecule has 1 saturated heterocycles. The number of hydrogen-bond donors (Lipinski definition) is 1. The highest BCUT2D eigenvalue weighted by Gasteiger charge is 2.33. The number of hydrogen-bond acceptors (Lipinski definition) is 4. The number of anilines is 1. The average molecular weight is 355 g/mol. The Bertz CT molecular complexity index is 777. The molecule has 26 heavy (non-hydrogen) atoms. The van der Waals surface area contributed by atoms with Gasteiger partial charge >= 0.3 is 0 Å². The molecular weight excluding hydrogens is 330 g/mol. The minimum absolute atomic E-state index is 0.110. The zero-order valence-corrected chi connectivity index (χ0v) is 15.5. The fraction of sp³-hybridized carbons (Fsp3) is 0.450. The van der Waals surface area contributed by atoms with Gasteiger partial charge in [-0.2, -0.15) is 0 Å². The van der Waals surface area contributed by atoms with E-state index >= 15 is 0 Å². The van der Waals surface area contributed by atoms with Crippen LogP contribution >= 0.6 is 0 Å². The Morgan fingerprint density at radius 2 is 1.92 bits per heavy atom. The Balaban J connectivity index is 1.74. The number of piperidine rings is 1. The van der Waals surface area contributed by atoms with Gasteiger partial charge in [-0.15, -0.1) is 0 Å². The summed E-state index contributed by atoms with van der Waals surface area (Å²) in [5.41, 5.74) is 0.416. The number of benzene rings is 1. The molecule has 1 aromatic carbocycles. The number of amides is 2. The molecule has 0 aliphatic carbocycles. The Hall–Kier alpha value is -2.63. The van der Waals surface area contributed by atoms with Crippen molar-refractivity contribution in [1.82, 2.24) is 10.1 Å². The van der Waals surface area contributed by atoms with Crippen LogP contribution < -0.4 is 5.32 Å². The first-order chi connectivity index (χ1) is 12.4. The molecule has 138 valence electrons. The monoisotopic (exact) mass is 355 g/mol. The number of aromatic nitrogens is 1. The molecule has 0 saturated carbocycles. The van der Waals surface area contributed by atoms with Crippen LogP contribution in [0.5, 0.6) is 0 Å². The first-order valence-electron chi connectivity index (χ1n) is 9.00. The van der Waals surface area contributed by atoms with Crippen LogP contribution in [-0.2, 0) is 10.2 Å². The summed E-state index contributed by atoms with van der Waals surface area (Å²) in [5.74, 6) is 0.759. The minimum Gasteiger partial charge on any atom is -0.359 e. The van der Waals surface area contributed by atoms with E-state index in [0.29, 0.717) is 30.1 Å². The van der Waals surface area contributed by atoms with Crippen LogP contribution in [0.2, 0.25) is 0 Å². The van der Waals surface area contributed by atoms with Crippen LogP contribution in [0.4, 0.5) is 5.82 Å². The molecule has 0 spiro atoms. The maximum Gasteiger partial charge on any atom is 0.254 e. The van der Waals surface area contributed by atoms with Gasteiger partial charge in [0.1, 0.15) is 11.8 Å². The molecule has 2 amide bonds. The van der Waals surface area contributed by atoms with Gasteiger partial charge in [0, 0.05) is 23.6 Å². The van der Waals surface area contributed by atoms with E-state index in [4.69, 9.17) is 4.52 Å². The van der Waals surface area contributed by atoms with Crippen LogP contribution in [0.1, 0.15) is 56.2 Å². The number of nitrogens with zero attached hydrogens (tertiary/aromatic N) is 2.